The first-order valence-electron chi connectivity index (χ1n) is 8.03. The number of hydrogen-bond acceptors (Lipinski definition) is 5. The standard InChI is InChI=1S/C19H20FNO5S/c1-10-7-15(13(4)12(3)11(10)2)18(22)9-26-19(23)16-8-14(27(21,24)25)5-6-17(16)20/h5-8H,9H2,1-4H3,(H2,21,24,25). The molecule has 8 heteroatoms. The summed E-state index contributed by atoms with van der Waals surface area (Å²) in [5.74, 6) is -2.56. The first kappa shape index (κ1) is 20.7. The van der Waals surface area contributed by atoms with Gasteiger partial charge in [0.2, 0.25) is 15.8 Å². The summed E-state index contributed by atoms with van der Waals surface area (Å²) in [5, 5.41) is 4.97. The normalized spacial score (nSPS) is 11.3. The van der Waals surface area contributed by atoms with Crippen molar-refractivity contribution in [3.05, 3.63) is 63.5 Å². The fourth-order valence-corrected chi connectivity index (χ4v) is 3.17. The van der Waals surface area contributed by atoms with Crippen LogP contribution in [-0.2, 0) is 14.8 Å². The Hall–Kier alpha value is -2.58. The Morgan fingerprint density at radius 3 is 2.22 bits per heavy atom. The fraction of sp³-hybridized carbons (Fsp3) is 0.263. The van der Waals surface area contributed by atoms with Crippen LogP contribution in [0.2, 0.25) is 0 Å². The van der Waals surface area contributed by atoms with Gasteiger partial charge in [-0.1, -0.05) is 0 Å². The molecule has 2 N–H and O–H groups in total. The molecule has 27 heavy (non-hydrogen) atoms. The predicted molar refractivity (Wildman–Crippen MR) is 97.8 cm³/mol. The van der Waals surface area contributed by atoms with Crippen LogP contribution in [0.5, 0.6) is 0 Å². The largest absolute Gasteiger partial charge is 0.454 e. The van der Waals surface area contributed by atoms with E-state index in [0.29, 0.717) is 5.56 Å². The van der Waals surface area contributed by atoms with Crippen molar-refractivity contribution in [1.29, 1.82) is 0 Å². The maximum Gasteiger partial charge on any atom is 0.341 e. The van der Waals surface area contributed by atoms with Crippen LogP contribution in [0.1, 0.15) is 43.0 Å². The van der Waals surface area contributed by atoms with Gasteiger partial charge in [-0.3, -0.25) is 4.79 Å². The number of ether oxygens (including phenoxy) is 1. The number of ketones is 1. The van der Waals surface area contributed by atoms with E-state index in [0.717, 1.165) is 40.5 Å². The lowest BCUT2D eigenvalue weighted by Gasteiger charge is -2.13. The Labute approximate surface area is 157 Å². The van der Waals surface area contributed by atoms with Crippen molar-refractivity contribution in [3.63, 3.8) is 0 Å². The highest BCUT2D eigenvalue weighted by molar-refractivity contribution is 7.89. The summed E-state index contributed by atoms with van der Waals surface area (Å²) < 4.78 is 41.4. The number of primary sulfonamides is 1. The van der Waals surface area contributed by atoms with Gasteiger partial charge in [0.1, 0.15) is 5.82 Å². The van der Waals surface area contributed by atoms with Crippen LogP contribution >= 0.6 is 0 Å². The summed E-state index contributed by atoms with van der Waals surface area (Å²) in [4.78, 5) is 24.1. The highest BCUT2D eigenvalue weighted by Crippen LogP contribution is 2.22. The molecule has 0 saturated heterocycles. The molecule has 144 valence electrons. The molecule has 2 rings (SSSR count). The third-order valence-corrected chi connectivity index (χ3v) is 5.51. The topological polar surface area (TPSA) is 104 Å². The van der Waals surface area contributed by atoms with Crippen molar-refractivity contribution in [2.75, 3.05) is 6.61 Å². The molecule has 0 heterocycles. The van der Waals surface area contributed by atoms with E-state index >= 15 is 0 Å². The van der Waals surface area contributed by atoms with Crippen LogP contribution in [0, 0.1) is 33.5 Å². The molecule has 6 nitrogen and oxygen atoms in total. The van der Waals surface area contributed by atoms with E-state index in [1.807, 2.05) is 20.8 Å². The first-order chi connectivity index (χ1) is 12.4. The average molecular weight is 393 g/mol. The van der Waals surface area contributed by atoms with Crippen molar-refractivity contribution in [2.45, 2.75) is 32.6 Å². The number of halogens is 1. The number of carbonyl (C=O) groups is 2. The number of esters is 1. The summed E-state index contributed by atoms with van der Waals surface area (Å²) >= 11 is 0. The minimum Gasteiger partial charge on any atom is -0.454 e. The zero-order valence-electron chi connectivity index (χ0n) is 15.4. The number of Topliss-reactive ketones (excluding diaryl/α,β-unsaturated/α-hetero) is 1. The van der Waals surface area contributed by atoms with E-state index in [2.05, 4.69) is 0 Å². The molecule has 0 aliphatic carbocycles. The maximum atomic E-state index is 13.8. The fourth-order valence-electron chi connectivity index (χ4n) is 2.63. The molecule has 0 saturated carbocycles. The van der Waals surface area contributed by atoms with E-state index in [1.54, 1.807) is 13.0 Å². The van der Waals surface area contributed by atoms with Crippen LogP contribution < -0.4 is 5.14 Å². The third-order valence-electron chi connectivity index (χ3n) is 4.60. The Morgan fingerprint density at radius 2 is 1.63 bits per heavy atom. The minimum absolute atomic E-state index is 0.419. The zero-order chi connectivity index (χ0) is 20.5. The monoisotopic (exact) mass is 393 g/mol. The van der Waals surface area contributed by atoms with Crippen LogP contribution in [0.3, 0.4) is 0 Å². The van der Waals surface area contributed by atoms with Crippen LogP contribution in [0.15, 0.2) is 29.2 Å². The van der Waals surface area contributed by atoms with E-state index in [4.69, 9.17) is 9.88 Å². The summed E-state index contributed by atoms with van der Waals surface area (Å²) in [6, 6.07) is 4.24. The van der Waals surface area contributed by atoms with Gasteiger partial charge in [0, 0.05) is 5.56 Å². The Kier molecular flexibility index (Phi) is 5.82. The van der Waals surface area contributed by atoms with Gasteiger partial charge in [-0.05, 0) is 74.2 Å². The van der Waals surface area contributed by atoms with Gasteiger partial charge in [0.25, 0.3) is 0 Å². The van der Waals surface area contributed by atoms with E-state index in [1.165, 1.54) is 0 Å². The number of hydrogen-bond donors (Lipinski definition) is 1. The highest BCUT2D eigenvalue weighted by atomic mass is 32.2. The lowest BCUT2D eigenvalue weighted by Crippen LogP contribution is -2.18. The number of benzene rings is 2. The van der Waals surface area contributed by atoms with Gasteiger partial charge in [-0.25, -0.2) is 22.7 Å². The quantitative estimate of drug-likeness (QED) is 0.621. The second kappa shape index (κ2) is 7.58. The lowest BCUT2D eigenvalue weighted by molar-refractivity contribution is 0.0469. The summed E-state index contributed by atoms with van der Waals surface area (Å²) in [7, 11) is -4.11. The van der Waals surface area contributed by atoms with Crippen LogP contribution in [0.4, 0.5) is 4.39 Å². The molecule has 0 amide bonds. The second-order valence-corrected chi connectivity index (χ2v) is 7.86. The smallest absolute Gasteiger partial charge is 0.341 e. The van der Waals surface area contributed by atoms with E-state index < -0.39 is 44.7 Å². The Morgan fingerprint density at radius 1 is 1.00 bits per heavy atom. The molecular weight excluding hydrogens is 373 g/mol. The van der Waals surface area contributed by atoms with Gasteiger partial charge in [-0.15, -0.1) is 0 Å². The SMILES string of the molecule is Cc1cc(C(=O)COC(=O)c2cc(S(N)(=O)=O)ccc2F)c(C)c(C)c1C. The number of carbonyl (C=O) groups excluding carboxylic acids is 2. The van der Waals surface area contributed by atoms with Crippen molar-refractivity contribution in [3.8, 4) is 0 Å². The van der Waals surface area contributed by atoms with Gasteiger partial charge in [0.05, 0.1) is 10.5 Å². The summed E-state index contributed by atoms with van der Waals surface area (Å²) in [6.45, 7) is 6.92. The minimum atomic E-state index is -4.11. The van der Waals surface area contributed by atoms with Crippen molar-refractivity contribution in [2.24, 2.45) is 5.14 Å². The van der Waals surface area contributed by atoms with Gasteiger partial charge in [-0.2, -0.15) is 0 Å². The van der Waals surface area contributed by atoms with Crippen LogP contribution in [0.25, 0.3) is 0 Å². The molecule has 0 fully saturated rings. The van der Waals surface area contributed by atoms with Crippen molar-refractivity contribution < 1.29 is 27.1 Å². The molecule has 0 aliphatic rings. The molecule has 0 spiro atoms. The molecular formula is C19H20FNO5S. The summed E-state index contributed by atoms with van der Waals surface area (Å²) in [6.07, 6.45) is 0. The highest BCUT2D eigenvalue weighted by Gasteiger charge is 2.20. The van der Waals surface area contributed by atoms with Gasteiger partial charge >= 0.3 is 5.97 Å². The molecule has 0 aliphatic heterocycles. The number of sulfonamides is 1. The molecule has 2 aromatic carbocycles. The van der Waals surface area contributed by atoms with E-state index in [9.17, 15) is 22.4 Å². The predicted octanol–water partition coefficient (Wildman–Crippen LogP) is 2.75. The van der Waals surface area contributed by atoms with Gasteiger partial charge in [0.15, 0.2) is 6.61 Å². The van der Waals surface area contributed by atoms with Crippen LogP contribution in [-0.4, -0.2) is 26.8 Å². The molecule has 0 atom stereocenters. The molecule has 0 bridgehead atoms. The Balaban J connectivity index is 2.23. The lowest BCUT2D eigenvalue weighted by atomic mass is 9.93. The third kappa shape index (κ3) is 4.40. The maximum absolute atomic E-state index is 13.8. The molecule has 2 aromatic rings. The summed E-state index contributed by atoms with van der Waals surface area (Å²) in [5.41, 5.74) is 3.56. The zero-order valence-corrected chi connectivity index (χ0v) is 16.2. The van der Waals surface area contributed by atoms with Gasteiger partial charge < -0.3 is 4.74 Å². The molecule has 0 radical (unpaired) electrons. The first-order valence-corrected chi connectivity index (χ1v) is 9.58. The second-order valence-electron chi connectivity index (χ2n) is 6.30. The number of rotatable bonds is 5. The van der Waals surface area contributed by atoms with Crippen molar-refractivity contribution >= 4 is 21.8 Å². The number of aryl methyl sites for hydroxylation is 1. The molecule has 0 unspecified atom stereocenters. The van der Waals surface area contributed by atoms with E-state index in [-0.39, 0.29) is 0 Å². The number of nitrogens with two attached hydrogens (primary N) is 1. The molecule has 0 aromatic heterocycles. The Bertz CT molecular complexity index is 1040. The van der Waals surface area contributed by atoms with Crippen molar-refractivity contribution in [1.82, 2.24) is 0 Å². The average Bonchev–Trinajstić information content (AvgIpc) is 2.60.